The Morgan fingerprint density at radius 1 is 1.20 bits per heavy atom. The number of benzene rings is 1. The van der Waals surface area contributed by atoms with Crippen molar-refractivity contribution in [2.45, 2.75) is 45.9 Å². The highest BCUT2D eigenvalue weighted by molar-refractivity contribution is 5.21. The van der Waals surface area contributed by atoms with Gasteiger partial charge in [-0.1, -0.05) is 43.2 Å². The molecule has 0 bridgehead atoms. The molecule has 5 nitrogen and oxygen atoms in total. The van der Waals surface area contributed by atoms with E-state index in [1.54, 1.807) is 0 Å². The van der Waals surface area contributed by atoms with Gasteiger partial charge >= 0.3 is 0 Å². The molecule has 0 radical (unpaired) electrons. The Morgan fingerprint density at radius 2 is 2.00 bits per heavy atom. The quantitative estimate of drug-likeness (QED) is 0.752. The number of rotatable bonds is 8. The zero-order chi connectivity index (χ0) is 14.2. The molecule has 2 rings (SSSR count). The van der Waals surface area contributed by atoms with Crippen LogP contribution in [0.2, 0.25) is 0 Å². The lowest BCUT2D eigenvalue weighted by Crippen LogP contribution is -2.09. The monoisotopic (exact) mass is 275 g/mol. The van der Waals surface area contributed by atoms with E-state index in [0.29, 0.717) is 12.3 Å². The maximum absolute atomic E-state index is 9.33. The summed E-state index contributed by atoms with van der Waals surface area (Å²) in [6.45, 7) is 3.24. The molecular weight excluding hydrogens is 254 g/mol. The second kappa shape index (κ2) is 7.65. The van der Waals surface area contributed by atoms with Crippen LogP contribution in [0.15, 0.2) is 30.3 Å². The predicted molar refractivity (Wildman–Crippen MR) is 76.2 cm³/mol. The topological polar surface area (TPSA) is 60.2 Å². The summed E-state index contributed by atoms with van der Waals surface area (Å²) in [5.41, 5.74) is 1.45. The first-order valence-electron chi connectivity index (χ1n) is 7.05. The molecule has 0 spiro atoms. The van der Waals surface area contributed by atoms with Gasteiger partial charge in [0.05, 0.1) is 6.61 Å². The van der Waals surface area contributed by atoms with Crippen LogP contribution in [0.3, 0.4) is 0 Å². The molecule has 1 aromatic carbocycles. The molecule has 0 amide bonds. The molecule has 1 heterocycles. The minimum Gasteiger partial charge on any atom is -0.487 e. The van der Waals surface area contributed by atoms with E-state index in [2.05, 4.69) is 17.2 Å². The molecule has 20 heavy (non-hydrogen) atoms. The van der Waals surface area contributed by atoms with E-state index < -0.39 is 0 Å². The SMILES string of the molecule is CCCCCn1nnc(CO)c1COc1ccccc1. The van der Waals surface area contributed by atoms with E-state index in [1.165, 1.54) is 0 Å². The van der Waals surface area contributed by atoms with Gasteiger partial charge in [0.25, 0.3) is 0 Å². The number of unbranched alkanes of at least 4 members (excludes halogenated alkanes) is 2. The molecule has 2 aromatic rings. The lowest BCUT2D eigenvalue weighted by Gasteiger charge is -2.09. The number of aliphatic hydroxyl groups excluding tert-OH is 1. The standard InChI is InChI=1S/C15H21N3O2/c1-2-3-7-10-18-15(14(11-19)16-17-18)12-20-13-8-5-4-6-9-13/h4-6,8-9,19H,2-3,7,10-12H2,1H3. The number of hydrogen-bond donors (Lipinski definition) is 1. The second-order valence-corrected chi connectivity index (χ2v) is 4.67. The fourth-order valence-electron chi connectivity index (χ4n) is 2.01. The summed E-state index contributed by atoms with van der Waals surface area (Å²) < 4.78 is 7.57. The predicted octanol–water partition coefficient (Wildman–Crippen LogP) is 2.54. The van der Waals surface area contributed by atoms with Crippen LogP contribution in [0, 0.1) is 0 Å². The molecule has 1 aromatic heterocycles. The van der Waals surface area contributed by atoms with Crippen LogP contribution >= 0.6 is 0 Å². The highest BCUT2D eigenvalue weighted by Gasteiger charge is 2.12. The maximum Gasteiger partial charge on any atom is 0.132 e. The van der Waals surface area contributed by atoms with E-state index in [-0.39, 0.29) is 6.61 Å². The van der Waals surface area contributed by atoms with Crippen LogP contribution < -0.4 is 4.74 Å². The average molecular weight is 275 g/mol. The number of nitrogens with zero attached hydrogens (tertiary/aromatic N) is 3. The molecule has 5 heteroatoms. The Hall–Kier alpha value is -1.88. The van der Waals surface area contributed by atoms with Gasteiger partial charge in [-0.25, -0.2) is 4.68 Å². The first-order valence-corrected chi connectivity index (χ1v) is 7.05. The summed E-state index contributed by atoms with van der Waals surface area (Å²) >= 11 is 0. The van der Waals surface area contributed by atoms with E-state index >= 15 is 0 Å². The van der Waals surface area contributed by atoms with Gasteiger partial charge in [0.1, 0.15) is 23.7 Å². The molecule has 1 N–H and O–H groups in total. The molecule has 0 aliphatic rings. The van der Waals surface area contributed by atoms with Crippen molar-refractivity contribution in [3.05, 3.63) is 41.7 Å². The Bertz CT molecular complexity index is 511. The van der Waals surface area contributed by atoms with E-state index in [4.69, 9.17) is 4.74 Å². The number of aryl methyl sites for hydroxylation is 1. The van der Waals surface area contributed by atoms with Gasteiger partial charge in [0.15, 0.2) is 0 Å². The largest absolute Gasteiger partial charge is 0.487 e. The molecule has 0 fully saturated rings. The third kappa shape index (κ3) is 3.81. The van der Waals surface area contributed by atoms with Crippen LogP contribution in [0.4, 0.5) is 0 Å². The highest BCUT2D eigenvalue weighted by atomic mass is 16.5. The summed E-state index contributed by atoms with van der Waals surface area (Å²) in [5.74, 6) is 0.803. The van der Waals surface area contributed by atoms with Gasteiger partial charge in [-0.3, -0.25) is 0 Å². The maximum atomic E-state index is 9.33. The third-order valence-corrected chi connectivity index (χ3v) is 3.16. The zero-order valence-corrected chi connectivity index (χ0v) is 11.8. The second-order valence-electron chi connectivity index (χ2n) is 4.67. The number of hydrogen-bond acceptors (Lipinski definition) is 4. The van der Waals surface area contributed by atoms with Gasteiger partial charge in [-0.15, -0.1) is 5.10 Å². The normalized spacial score (nSPS) is 10.7. The summed E-state index contributed by atoms with van der Waals surface area (Å²) in [7, 11) is 0. The van der Waals surface area contributed by atoms with Crippen molar-refractivity contribution in [3.8, 4) is 5.75 Å². The molecule has 108 valence electrons. The minimum atomic E-state index is -0.110. The molecule has 0 saturated carbocycles. The first-order chi connectivity index (χ1) is 9.85. The van der Waals surface area contributed by atoms with E-state index in [9.17, 15) is 5.11 Å². The molecule has 0 aliphatic heterocycles. The fraction of sp³-hybridized carbons (Fsp3) is 0.467. The number of ether oxygens (including phenoxy) is 1. The lowest BCUT2D eigenvalue weighted by molar-refractivity contribution is 0.261. The van der Waals surface area contributed by atoms with Crippen LogP contribution in [0.1, 0.15) is 37.6 Å². The summed E-state index contributed by atoms with van der Waals surface area (Å²) in [6, 6.07) is 9.62. The Balaban J connectivity index is 2.02. The van der Waals surface area contributed by atoms with Crippen LogP contribution in [-0.4, -0.2) is 20.1 Å². The van der Waals surface area contributed by atoms with Crippen molar-refractivity contribution in [1.82, 2.24) is 15.0 Å². The summed E-state index contributed by atoms with van der Waals surface area (Å²) in [5, 5.41) is 17.4. The van der Waals surface area contributed by atoms with E-state index in [0.717, 1.165) is 37.3 Å². The van der Waals surface area contributed by atoms with Crippen molar-refractivity contribution >= 4 is 0 Å². The molecule has 0 aliphatic carbocycles. The highest BCUT2D eigenvalue weighted by Crippen LogP contribution is 2.14. The molecule has 0 unspecified atom stereocenters. The van der Waals surface area contributed by atoms with Gasteiger partial charge < -0.3 is 9.84 Å². The average Bonchev–Trinajstić information content (AvgIpc) is 2.88. The number of aromatic nitrogens is 3. The number of para-hydroxylation sites is 1. The summed E-state index contributed by atoms with van der Waals surface area (Å²) in [4.78, 5) is 0. The molecule has 0 saturated heterocycles. The Labute approximate surface area is 119 Å². The smallest absolute Gasteiger partial charge is 0.132 e. The minimum absolute atomic E-state index is 0.110. The summed E-state index contributed by atoms with van der Waals surface area (Å²) in [6.07, 6.45) is 3.38. The third-order valence-electron chi connectivity index (χ3n) is 3.16. The van der Waals surface area contributed by atoms with Gasteiger partial charge in [-0.05, 0) is 18.6 Å². The van der Waals surface area contributed by atoms with Crippen molar-refractivity contribution in [2.24, 2.45) is 0 Å². The first kappa shape index (κ1) is 14.5. The van der Waals surface area contributed by atoms with Crippen LogP contribution in [-0.2, 0) is 19.8 Å². The van der Waals surface area contributed by atoms with E-state index in [1.807, 2.05) is 35.0 Å². The molecule has 0 atom stereocenters. The van der Waals surface area contributed by atoms with Gasteiger partial charge in [0.2, 0.25) is 0 Å². The van der Waals surface area contributed by atoms with Crippen molar-refractivity contribution in [2.75, 3.05) is 0 Å². The van der Waals surface area contributed by atoms with Crippen LogP contribution in [0.25, 0.3) is 0 Å². The lowest BCUT2D eigenvalue weighted by atomic mass is 10.2. The van der Waals surface area contributed by atoms with Gasteiger partial charge in [-0.2, -0.15) is 0 Å². The zero-order valence-electron chi connectivity index (χ0n) is 11.8. The van der Waals surface area contributed by atoms with Crippen molar-refractivity contribution < 1.29 is 9.84 Å². The molecular formula is C15H21N3O2. The Morgan fingerprint density at radius 3 is 2.70 bits per heavy atom. The number of aliphatic hydroxyl groups is 1. The van der Waals surface area contributed by atoms with Crippen molar-refractivity contribution in [1.29, 1.82) is 0 Å². The van der Waals surface area contributed by atoms with Gasteiger partial charge in [0, 0.05) is 6.54 Å². The Kier molecular flexibility index (Phi) is 5.55. The fourth-order valence-corrected chi connectivity index (χ4v) is 2.01. The van der Waals surface area contributed by atoms with Crippen molar-refractivity contribution in [3.63, 3.8) is 0 Å². The van der Waals surface area contributed by atoms with Crippen LogP contribution in [0.5, 0.6) is 5.75 Å².